The van der Waals surface area contributed by atoms with Crippen LogP contribution in [-0.2, 0) is 26.2 Å². The van der Waals surface area contributed by atoms with E-state index in [1.807, 2.05) is 45.0 Å². The average molecular weight is 592 g/mol. The number of benzene rings is 3. The molecule has 0 radical (unpaired) electrons. The van der Waals surface area contributed by atoms with E-state index in [4.69, 9.17) is 4.74 Å². The second-order valence-electron chi connectivity index (χ2n) is 10.6. The summed E-state index contributed by atoms with van der Waals surface area (Å²) < 4.78 is 35.0. The largest absolute Gasteiger partial charge is 0.492 e. The van der Waals surface area contributed by atoms with Gasteiger partial charge in [0.05, 0.1) is 17.2 Å². The normalized spacial score (nSPS) is 14.3. The van der Waals surface area contributed by atoms with Gasteiger partial charge in [-0.25, -0.2) is 8.42 Å². The number of hydrogen-bond donors (Lipinski definition) is 1. The minimum atomic E-state index is -4.17. The number of rotatable bonds is 13. The number of aryl methyl sites for hydroxylation is 1. The van der Waals surface area contributed by atoms with Crippen molar-refractivity contribution in [1.82, 2.24) is 10.2 Å². The molecule has 1 fully saturated rings. The lowest BCUT2D eigenvalue weighted by molar-refractivity contribution is -0.140. The third kappa shape index (κ3) is 7.50. The first-order valence-corrected chi connectivity index (χ1v) is 16.1. The van der Waals surface area contributed by atoms with Crippen LogP contribution in [0.25, 0.3) is 0 Å². The summed E-state index contributed by atoms with van der Waals surface area (Å²) in [6, 6.07) is 21.9. The molecule has 0 aliphatic heterocycles. The monoisotopic (exact) mass is 591 g/mol. The van der Waals surface area contributed by atoms with Crippen molar-refractivity contribution < 1.29 is 22.7 Å². The number of sulfonamides is 1. The van der Waals surface area contributed by atoms with Crippen LogP contribution in [0.4, 0.5) is 5.69 Å². The third-order valence-corrected chi connectivity index (χ3v) is 9.38. The minimum absolute atomic E-state index is 0.0557. The minimum Gasteiger partial charge on any atom is -0.492 e. The molecule has 0 spiro atoms. The maximum absolute atomic E-state index is 14.3. The Bertz CT molecular complexity index is 1440. The van der Waals surface area contributed by atoms with E-state index in [9.17, 15) is 18.0 Å². The standard InChI is InChI=1S/C33H41N3O5S/c1-4-29(33(38)34-27-13-9-10-14-27)35(23-26-21-19-25(3)20-22-26)32(37)24-36(30-17-11-12-18-31(30)41-5-2)42(39,40)28-15-7-6-8-16-28/h6-8,11-12,15-22,27,29H,4-5,9-10,13-14,23-24H2,1-3H3,(H,34,38)/t29-/m1/s1. The molecule has 1 aliphatic rings. The van der Waals surface area contributed by atoms with Gasteiger partial charge in [0.2, 0.25) is 11.8 Å². The zero-order valence-electron chi connectivity index (χ0n) is 24.7. The molecule has 224 valence electrons. The van der Waals surface area contributed by atoms with Crippen LogP contribution in [0.1, 0.15) is 57.1 Å². The number of carbonyl (C=O) groups is 2. The van der Waals surface area contributed by atoms with E-state index in [2.05, 4.69) is 5.32 Å². The third-order valence-electron chi connectivity index (χ3n) is 7.60. The number of para-hydroxylation sites is 2. The van der Waals surface area contributed by atoms with Crippen LogP contribution in [0.15, 0.2) is 83.8 Å². The smallest absolute Gasteiger partial charge is 0.264 e. The molecule has 0 saturated heterocycles. The Morgan fingerprint density at radius 3 is 2.21 bits per heavy atom. The van der Waals surface area contributed by atoms with Crippen LogP contribution in [0.3, 0.4) is 0 Å². The summed E-state index contributed by atoms with van der Waals surface area (Å²) in [4.78, 5) is 29.4. The van der Waals surface area contributed by atoms with Gasteiger partial charge in [0.25, 0.3) is 10.0 Å². The van der Waals surface area contributed by atoms with Crippen molar-refractivity contribution in [2.24, 2.45) is 0 Å². The van der Waals surface area contributed by atoms with Gasteiger partial charge in [-0.2, -0.15) is 0 Å². The first-order valence-electron chi connectivity index (χ1n) is 14.7. The van der Waals surface area contributed by atoms with E-state index >= 15 is 0 Å². The Labute approximate surface area is 249 Å². The van der Waals surface area contributed by atoms with Crippen LogP contribution < -0.4 is 14.4 Å². The summed E-state index contributed by atoms with van der Waals surface area (Å²) in [5.41, 5.74) is 2.19. The summed E-state index contributed by atoms with van der Waals surface area (Å²) in [6.07, 6.45) is 4.37. The summed E-state index contributed by atoms with van der Waals surface area (Å²) in [5, 5.41) is 3.14. The SMILES string of the molecule is CCOc1ccccc1N(CC(=O)N(Cc1ccc(C)cc1)[C@H](CC)C(=O)NC1CCCC1)S(=O)(=O)c1ccccc1. The van der Waals surface area contributed by atoms with Crippen molar-refractivity contribution in [3.63, 3.8) is 0 Å². The van der Waals surface area contributed by atoms with Gasteiger partial charge in [0.1, 0.15) is 18.3 Å². The first-order chi connectivity index (χ1) is 20.2. The molecule has 1 saturated carbocycles. The molecule has 2 amide bonds. The molecule has 3 aromatic carbocycles. The van der Waals surface area contributed by atoms with Gasteiger partial charge >= 0.3 is 0 Å². The van der Waals surface area contributed by atoms with Crippen LogP contribution in [-0.4, -0.2) is 50.4 Å². The second kappa shape index (κ2) is 14.4. The Morgan fingerprint density at radius 1 is 0.929 bits per heavy atom. The van der Waals surface area contributed by atoms with Gasteiger partial charge < -0.3 is 15.0 Å². The Hall–Kier alpha value is -3.85. The van der Waals surface area contributed by atoms with Crippen molar-refractivity contribution in [1.29, 1.82) is 0 Å². The van der Waals surface area contributed by atoms with Crippen LogP contribution in [0.2, 0.25) is 0 Å². The molecule has 0 bridgehead atoms. The number of nitrogens with one attached hydrogen (secondary N) is 1. The molecule has 4 rings (SSSR count). The van der Waals surface area contributed by atoms with E-state index in [0.717, 1.165) is 41.1 Å². The maximum Gasteiger partial charge on any atom is 0.264 e. The zero-order chi connectivity index (χ0) is 30.1. The fourth-order valence-electron chi connectivity index (χ4n) is 5.35. The molecular weight excluding hydrogens is 550 g/mol. The zero-order valence-corrected chi connectivity index (χ0v) is 25.5. The van der Waals surface area contributed by atoms with E-state index < -0.39 is 28.5 Å². The first kappa shape index (κ1) is 31.1. The topological polar surface area (TPSA) is 96.0 Å². The van der Waals surface area contributed by atoms with Gasteiger partial charge in [-0.05, 0) is 62.9 Å². The van der Waals surface area contributed by atoms with Crippen molar-refractivity contribution >= 4 is 27.5 Å². The highest BCUT2D eigenvalue weighted by Crippen LogP contribution is 2.33. The van der Waals surface area contributed by atoms with Gasteiger partial charge in [0.15, 0.2) is 0 Å². The number of nitrogens with zero attached hydrogens (tertiary/aromatic N) is 2. The molecule has 3 aromatic rings. The molecule has 1 aliphatic carbocycles. The Kier molecular flexibility index (Phi) is 10.6. The molecule has 0 unspecified atom stereocenters. The lowest BCUT2D eigenvalue weighted by atomic mass is 10.1. The lowest BCUT2D eigenvalue weighted by Gasteiger charge is -2.34. The van der Waals surface area contributed by atoms with E-state index in [1.54, 1.807) is 42.5 Å². The van der Waals surface area contributed by atoms with Crippen LogP contribution in [0, 0.1) is 6.92 Å². The molecule has 9 heteroatoms. The molecule has 42 heavy (non-hydrogen) atoms. The molecule has 0 aromatic heterocycles. The van der Waals surface area contributed by atoms with Gasteiger partial charge in [-0.15, -0.1) is 0 Å². The van der Waals surface area contributed by atoms with E-state index in [0.29, 0.717) is 18.8 Å². The highest BCUT2D eigenvalue weighted by Gasteiger charge is 2.35. The molecule has 1 N–H and O–H groups in total. The summed E-state index contributed by atoms with van der Waals surface area (Å²) in [5.74, 6) is -0.338. The van der Waals surface area contributed by atoms with Crippen molar-refractivity contribution in [3.8, 4) is 5.75 Å². The number of hydrogen-bond acceptors (Lipinski definition) is 5. The van der Waals surface area contributed by atoms with Crippen LogP contribution in [0.5, 0.6) is 5.75 Å². The van der Waals surface area contributed by atoms with Crippen LogP contribution >= 0.6 is 0 Å². The number of ether oxygens (including phenoxy) is 1. The molecule has 0 heterocycles. The maximum atomic E-state index is 14.3. The molecule has 1 atom stereocenters. The lowest BCUT2D eigenvalue weighted by Crippen LogP contribution is -2.53. The van der Waals surface area contributed by atoms with Crippen molar-refractivity contribution in [2.45, 2.75) is 76.4 Å². The predicted octanol–water partition coefficient (Wildman–Crippen LogP) is 5.46. The van der Waals surface area contributed by atoms with Crippen molar-refractivity contribution in [3.05, 3.63) is 90.0 Å². The number of anilines is 1. The Morgan fingerprint density at radius 2 is 1.57 bits per heavy atom. The fourth-order valence-corrected chi connectivity index (χ4v) is 6.80. The quantitative estimate of drug-likeness (QED) is 0.285. The van der Waals surface area contributed by atoms with E-state index in [-0.39, 0.29) is 29.1 Å². The average Bonchev–Trinajstić information content (AvgIpc) is 3.50. The van der Waals surface area contributed by atoms with E-state index in [1.165, 1.54) is 17.0 Å². The highest BCUT2D eigenvalue weighted by molar-refractivity contribution is 7.92. The molecular formula is C33H41N3O5S. The second-order valence-corrected chi connectivity index (χ2v) is 12.5. The summed E-state index contributed by atoms with van der Waals surface area (Å²) in [7, 11) is -4.17. The van der Waals surface area contributed by atoms with Gasteiger partial charge in [-0.1, -0.05) is 79.9 Å². The number of carbonyl (C=O) groups excluding carboxylic acids is 2. The summed E-state index contributed by atoms with van der Waals surface area (Å²) in [6.45, 7) is 5.66. The molecule has 8 nitrogen and oxygen atoms in total. The van der Waals surface area contributed by atoms with Gasteiger partial charge in [-0.3, -0.25) is 13.9 Å². The Balaban J connectivity index is 1.74. The van der Waals surface area contributed by atoms with Gasteiger partial charge in [0, 0.05) is 12.6 Å². The summed E-state index contributed by atoms with van der Waals surface area (Å²) >= 11 is 0. The van der Waals surface area contributed by atoms with Crippen molar-refractivity contribution in [2.75, 3.05) is 17.5 Å². The fraction of sp³-hybridized carbons (Fsp3) is 0.394. The highest BCUT2D eigenvalue weighted by atomic mass is 32.2. The number of amides is 2. The predicted molar refractivity (Wildman–Crippen MR) is 165 cm³/mol.